The number of carbonyl (C=O) groups excluding carboxylic acids is 1. The molecule has 1 saturated carbocycles. The molecule has 1 fully saturated rings. The van der Waals surface area contributed by atoms with Crippen LogP contribution in [0.3, 0.4) is 0 Å². The fourth-order valence-corrected chi connectivity index (χ4v) is 3.11. The minimum Gasteiger partial charge on any atom is -0.481 e. The largest absolute Gasteiger partial charge is 0.481 e. The molecule has 5 heteroatoms. The van der Waals surface area contributed by atoms with Gasteiger partial charge >= 0.3 is 5.97 Å². The maximum atomic E-state index is 12.1. The zero-order valence-electron chi connectivity index (χ0n) is 12.5. The number of aliphatic carboxylic acids is 1. The van der Waals surface area contributed by atoms with Crippen LogP contribution in [0, 0.1) is 0 Å². The van der Waals surface area contributed by atoms with Gasteiger partial charge in [0, 0.05) is 31.2 Å². The molecule has 2 aliphatic rings. The Bertz CT molecular complexity index is 587. The predicted molar refractivity (Wildman–Crippen MR) is 79.3 cm³/mol. The number of ketones is 1. The van der Waals surface area contributed by atoms with E-state index in [9.17, 15) is 9.59 Å². The molecule has 1 N–H and O–H groups in total. The van der Waals surface area contributed by atoms with E-state index in [1.807, 2.05) is 0 Å². The van der Waals surface area contributed by atoms with Gasteiger partial charge in [-0.25, -0.2) is 0 Å². The standard InChI is InChI=1S/C17H20O5/c18-13(5-4-6-16(19)20)12-7-8-14-15(11-12)22-17(21-14)9-2-1-3-10-17/h7-8,11H,1-6,9-10H2,(H,19,20). The molecule has 0 unspecified atom stereocenters. The third-order valence-electron chi connectivity index (χ3n) is 4.27. The first-order chi connectivity index (χ1) is 10.6. The number of hydrogen-bond donors (Lipinski definition) is 1. The fraction of sp³-hybridized carbons (Fsp3) is 0.529. The number of rotatable bonds is 5. The van der Waals surface area contributed by atoms with Crippen LogP contribution in [0.15, 0.2) is 18.2 Å². The van der Waals surface area contributed by atoms with Crippen molar-refractivity contribution < 1.29 is 24.2 Å². The van der Waals surface area contributed by atoms with Crippen LogP contribution >= 0.6 is 0 Å². The highest BCUT2D eigenvalue weighted by atomic mass is 16.7. The summed E-state index contributed by atoms with van der Waals surface area (Å²) in [6.07, 6.45) is 5.75. The number of Topliss-reactive ketones (excluding diaryl/α,β-unsaturated/α-hetero) is 1. The number of carboxylic acids is 1. The number of carboxylic acid groups (broad SMARTS) is 1. The van der Waals surface area contributed by atoms with Crippen molar-refractivity contribution in [2.45, 2.75) is 57.2 Å². The summed E-state index contributed by atoms with van der Waals surface area (Å²) in [4.78, 5) is 22.6. The zero-order valence-corrected chi connectivity index (χ0v) is 12.5. The van der Waals surface area contributed by atoms with Crippen molar-refractivity contribution in [1.29, 1.82) is 0 Å². The number of hydrogen-bond acceptors (Lipinski definition) is 4. The van der Waals surface area contributed by atoms with Crippen molar-refractivity contribution in [2.75, 3.05) is 0 Å². The minimum absolute atomic E-state index is 0.0133. The van der Waals surface area contributed by atoms with Gasteiger partial charge in [-0.3, -0.25) is 9.59 Å². The molecule has 1 aliphatic heterocycles. The van der Waals surface area contributed by atoms with E-state index >= 15 is 0 Å². The van der Waals surface area contributed by atoms with Gasteiger partial charge in [-0.05, 0) is 37.5 Å². The summed E-state index contributed by atoms with van der Waals surface area (Å²) in [7, 11) is 0. The van der Waals surface area contributed by atoms with Crippen LogP contribution < -0.4 is 9.47 Å². The number of benzene rings is 1. The Balaban J connectivity index is 1.67. The molecular formula is C17H20O5. The zero-order chi connectivity index (χ0) is 15.6. The molecule has 3 rings (SSSR count). The summed E-state index contributed by atoms with van der Waals surface area (Å²) in [6, 6.07) is 5.23. The van der Waals surface area contributed by atoms with Gasteiger partial charge in [-0.1, -0.05) is 6.42 Å². The lowest BCUT2D eigenvalue weighted by Gasteiger charge is -2.31. The number of ether oxygens (including phenoxy) is 2. The molecule has 0 atom stereocenters. The summed E-state index contributed by atoms with van der Waals surface area (Å²) in [5, 5.41) is 8.62. The normalized spacial score (nSPS) is 18.4. The Morgan fingerprint density at radius 3 is 2.50 bits per heavy atom. The van der Waals surface area contributed by atoms with Crippen LogP contribution in [0.4, 0.5) is 0 Å². The monoisotopic (exact) mass is 304 g/mol. The molecule has 1 aromatic carbocycles. The Kier molecular flexibility index (Phi) is 4.05. The van der Waals surface area contributed by atoms with Crippen LogP contribution in [0.5, 0.6) is 11.5 Å². The first-order valence-electron chi connectivity index (χ1n) is 7.85. The van der Waals surface area contributed by atoms with E-state index < -0.39 is 11.8 Å². The van der Waals surface area contributed by atoms with Gasteiger partial charge in [0.1, 0.15) is 0 Å². The average Bonchev–Trinajstić information content (AvgIpc) is 2.83. The van der Waals surface area contributed by atoms with E-state index in [-0.39, 0.29) is 18.6 Å². The molecule has 0 bridgehead atoms. The maximum absolute atomic E-state index is 12.1. The quantitative estimate of drug-likeness (QED) is 0.842. The summed E-state index contributed by atoms with van der Waals surface area (Å²) < 4.78 is 12.0. The first kappa shape index (κ1) is 14.9. The predicted octanol–water partition coefficient (Wildman–Crippen LogP) is 3.56. The minimum atomic E-state index is -0.877. The second kappa shape index (κ2) is 5.99. The van der Waals surface area contributed by atoms with Gasteiger partial charge in [0.2, 0.25) is 0 Å². The van der Waals surface area contributed by atoms with E-state index in [1.54, 1.807) is 18.2 Å². The molecule has 1 heterocycles. The van der Waals surface area contributed by atoms with Crippen LogP contribution in [0.25, 0.3) is 0 Å². The Morgan fingerprint density at radius 2 is 1.77 bits per heavy atom. The average molecular weight is 304 g/mol. The van der Waals surface area contributed by atoms with E-state index in [0.29, 0.717) is 23.5 Å². The smallest absolute Gasteiger partial charge is 0.303 e. The lowest BCUT2D eigenvalue weighted by molar-refractivity contribution is -0.137. The van der Waals surface area contributed by atoms with Crippen molar-refractivity contribution in [3.05, 3.63) is 23.8 Å². The Morgan fingerprint density at radius 1 is 1.05 bits per heavy atom. The third-order valence-corrected chi connectivity index (χ3v) is 4.27. The second-order valence-corrected chi connectivity index (χ2v) is 6.01. The summed E-state index contributed by atoms with van der Waals surface area (Å²) in [5.74, 6) is -0.143. The molecule has 1 aliphatic carbocycles. The van der Waals surface area contributed by atoms with Gasteiger partial charge in [-0.2, -0.15) is 0 Å². The fourth-order valence-electron chi connectivity index (χ4n) is 3.11. The Hall–Kier alpha value is -2.04. The molecule has 0 amide bonds. The van der Waals surface area contributed by atoms with Gasteiger partial charge in [0.05, 0.1) is 0 Å². The van der Waals surface area contributed by atoms with Crippen molar-refractivity contribution >= 4 is 11.8 Å². The molecule has 5 nitrogen and oxygen atoms in total. The SMILES string of the molecule is O=C(O)CCCC(=O)c1ccc2c(c1)OC1(CCCCC1)O2. The summed E-state index contributed by atoms with van der Waals surface area (Å²) >= 11 is 0. The summed E-state index contributed by atoms with van der Waals surface area (Å²) in [6.45, 7) is 0. The highest BCUT2D eigenvalue weighted by Crippen LogP contribution is 2.45. The van der Waals surface area contributed by atoms with Gasteiger partial charge in [0.25, 0.3) is 5.79 Å². The maximum Gasteiger partial charge on any atom is 0.303 e. The lowest BCUT2D eigenvalue weighted by Crippen LogP contribution is -2.40. The molecule has 118 valence electrons. The Labute approximate surface area is 129 Å². The number of carbonyl (C=O) groups is 2. The van der Waals surface area contributed by atoms with Crippen LogP contribution in [0.2, 0.25) is 0 Å². The molecular weight excluding hydrogens is 284 g/mol. The third kappa shape index (κ3) is 3.08. The van der Waals surface area contributed by atoms with Gasteiger partial charge < -0.3 is 14.6 Å². The molecule has 0 radical (unpaired) electrons. The molecule has 22 heavy (non-hydrogen) atoms. The van der Waals surface area contributed by atoms with Gasteiger partial charge in [0.15, 0.2) is 17.3 Å². The lowest BCUT2D eigenvalue weighted by atomic mass is 9.94. The van der Waals surface area contributed by atoms with Gasteiger partial charge in [-0.15, -0.1) is 0 Å². The molecule has 0 saturated heterocycles. The molecule has 1 spiro atoms. The van der Waals surface area contributed by atoms with E-state index in [0.717, 1.165) is 25.7 Å². The van der Waals surface area contributed by atoms with Crippen LogP contribution in [-0.4, -0.2) is 22.6 Å². The van der Waals surface area contributed by atoms with E-state index in [2.05, 4.69) is 0 Å². The molecule has 0 aromatic heterocycles. The topological polar surface area (TPSA) is 72.8 Å². The highest BCUT2D eigenvalue weighted by molar-refractivity contribution is 5.96. The van der Waals surface area contributed by atoms with Crippen molar-refractivity contribution in [1.82, 2.24) is 0 Å². The van der Waals surface area contributed by atoms with Crippen molar-refractivity contribution in [3.63, 3.8) is 0 Å². The summed E-state index contributed by atoms with van der Waals surface area (Å²) in [5.41, 5.74) is 0.556. The first-order valence-corrected chi connectivity index (χ1v) is 7.85. The highest BCUT2D eigenvalue weighted by Gasteiger charge is 2.42. The van der Waals surface area contributed by atoms with E-state index in [4.69, 9.17) is 14.6 Å². The van der Waals surface area contributed by atoms with Crippen molar-refractivity contribution in [3.8, 4) is 11.5 Å². The van der Waals surface area contributed by atoms with E-state index in [1.165, 1.54) is 6.42 Å². The second-order valence-electron chi connectivity index (χ2n) is 6.01. The van der Waals surface area contributed by atoms with Crippen molar-refractivity contribution in [2.24, 2.45) is 0 Å². The number of fused-ring (bicyclic) bond motifs is 1. The molecule has 1 aromatic rings. The van der Waals surface area contributed by atoms with Crippen LogP contribution in [0.1, 0.15) is 61.7 Å². The van der Waals surface area contributed by atoms with Crippen LogP contribution in [-0.2, 0) is 4.79 Å².